The SMILES string of the molecule is CN(C)c1nc(N)nc(COC(=O)c2cc(-c3ccccc3)nc3nc(N4CCCCC4)sc23)n1. The maximum absolute atomic E-state index is 13.3. The molecule has 10 nitrogen and oxygen atoms in total. The number of aromatic nitrogens is 5. The molecule has 35 heavy (non-hydrogen) atoms. The Balaban J connectivity index is 1.49. The van der Waals surface area contributed by atoms with E-state index in [1.54, 1.807) is 25.1 Å². The second-order valence-electron chi connectivity index (χ2n) is 8.50. The number of anilines is 3. The minimum Gasteiger partial charge on any atom is -0.454 e. The van der Waals surface area contributed by atoms with Gasteiger partial charge in [-0.25, -0.2) is 9.78 Å². The monoisotopic (exact) mass is 490 g/mol. The average molecular weight is 491 g/mol. The van der Waals surface area contributed by atoms with Crippen LogP contribution in [0.2, 0.25) is 0 Å². The fraction of sp³-hybridized carbons (Fsp3) is 0.333. The predicted molar refractivity (Wildman–Crippen MR) is 137 cm³/mol. The van der Waals surface area contributed by atoms with Gasteiger partial charge in [0.2, 0.25) is 11.9 Å². The van der Waals surface area contributed by atoms with E-state index in [0.717, 1.165) is 36.6 Å². The van der Waals surface area contributed by atoms with E-state index < -0.39 is 5.97 Å². The minimum absolute atomic E-state index is 0.0704. The molecule has 4 aromatic rings. The number of pyridine rings is 1. The number of esters is 1. The van der Waals surface area contributed by atoms with E-state index in [2.05, 4.69) is 19.9 Å². The molecule has 0 atom stereocenters. The number of benzene rings is 1. The van der Waals surface area contributed by atoms with Crippen molar-refractivity contribution in [1.82, 2.24) is 24.9 Å². The van der Waals surface area contributed by atoms with Crippen molar-refractivity contribution in [3.05, 3.63) is 47.8 Å². The number of carbonyl (C=O) groups is 1. The Morgan fingerprint density at radius 1 is 1.06 bits per heavy atom. The van der Waals surface area contributed by atoms with Gasteiger partial charge in [0, 0.05) is 32.7 Å². The molecule has 0 amide bonds. The summed E-state index contributed by atoms with van der Waals surface area (Å²) in [4.78, 5) is 39.3. The van der Waals surface area contributed by atoms with Gasteiger partial charge < -0.3 is 20.3 Å². The third kappa shape index (κ3) is 4.99. The number of fused-ring (bicyclic) bond motifs is 1. The molecular formula is C24H26N8O2S. The summed E-state index contributed by atoms with van der Waals surface area (Å²) in [6.07, 6.45) is 3.50. The van der Waals surface area contributed by atoms with Crippen LogP contribution in [0.3, 0.4) is 0 Å². The highest BCUT2D eigenvalue weighted by Crippen LogP contribution is 2.34. The number of rotatable bonds is 6. The molecule has 1 aliphatic heterocycles. The summed E-state index contributed by atoms with van der Waals surface area (Å²) in [5.41, 5.74) is 8.33. The van der Waals surface area contributed by atoms with Gasteiger partial charge in [0.1, 0.15) is 0 Å². The fourth-order valence-electron chi connectivity index (χ4n) is 3.93. The number of piperidine rings is 1. The second-order valence-corrected chi connectivity index (χ2v) is 9.48. The van der Waals surface area contributed by atoms with Gasteiger partial charge in [-0.3, -0.25) is 0 Å². The molecule has 11 heteroatoms. The average Bonchev–Trinajstić information content (AvgIpc) is 3.32. The van der Waals surface area contributed by atoms with Gasteiger partial charge in [-0.2, -0.15) is 19.9 Å². The van der Waals surface area contributed by atoms with Gasteiger partial charge >= 0.3 is 5.97 Å². The highest BCUT2D eigenvalue weighted by atomic mass is 32.1. The van der Waals surface area contributed by atoms with E-state index in [9.17, 15) is 4.79 Å². The zero-order valence-electron chi connectivity index (χ0n) is 19.6. The standard InChI is InChI=1S/C24H26N8O2S/c1-31(2)23-28-18(27-22(25)30-23)14-34-21(33)16-13-17(15-9-5-3-6-10-15)26-20-19(16)35-24(29-20)32-11-7-4-8-12-32/h3,5-6,9-10,13H,4,7-8,11-12,14H2,1-2H3,(H2,25,27,28,30). The van der Waals surface area contributed by atoms with Crippen LogP contribution < -0.4 is 15.5 Å². The Labute approximate surface area is 206 Å². The van der Waals surface area contributed by atoms with Gasteiger partial charge in [0.25, 0.3) is 0 Å². The summed E-state index contributed by atoms with van der Waals surface area (Å²) < 4.78 is 6.34. The lowest BCUT2D eigenvalue weighted by Gasteiger charge is -2.25. The third-order valence-corrected chi connectivity index (χ3v) is 6.82. The van der Waals surface area contributed by atoms with Crippen molar-refractivity contribution in [2.24, 2.45) is 0 Å². The van der Waals surface area contributed by atoms with Crippen LogP contribution in [-0.2, 0) is 11.3 Å². The Bertz CT molecular complexity index is 1350. The molecule has 4 heterocycles. The lowest BCUT2D eigenvalue weighted by atomic mass is 10.1. The number of nitrogens with zero attached hydrogens (tertiary/aromatic N) is 7. The number of carbonyl (C=O) groups excluding carboxylic acids is 1. The second kappa shape index (κ2) is 9.79. The molecule has 1 fully saturated rings. The molecule has 0 aliphatic carbocycles. The lowest BCUT2D eigenvalue weighted by Crippen LogP contribution is -2.29. The zero-order chi connectivity index (χ0) is 24.4. The fourth-order valence-corrected chi connectivity index (χ4v) is 4.99. The van der Waals surface area contributed by atoms with Gasteiger partial charge in [0.15, 0.2) is 23.2 Å². The summed E-state index contributed by atoms with van der Waals surface area (Å²) >= 11 is 1.48. The van der Waals surface area contributed by atoms with E-state index in [-0.39, 0.29) is 18.4 Å². The number of ether oxygens (including phenoxy) is 1. The van der Waals surface area contributed by atoms with Crippen molar-refractivity contribution in [2.45, 2.75) is 25.9 Å². The molecule has 1 saturated heterocycles. The van der Waals surface area contributed by atoms with Gasteiger partial charge in [0.05, 0.1) is 16.0 Å². The maximum atomic E-state index is 13.3. The quantitative estimate of drug-likeness (QED) is 0.401. The topological polar surface area (TPSA) is 123 Å². The molecule has 0 bridgehead atoms. The highest BCUT2D eigenvalue weighted by Gasteiger charge is 2.22. The highest BCUT2D eigenvalue weighted by molar-refractivity contribution is 7.22. The third-order valence-electron chi connectivity index (χ3n) is 5.69. The smallest absolute Gasteiger partial charge is 0.340 e. The summed E-state index contributed by atoms with van der Waals surface area (Å²) in [5.74, 6) is 0.256. The Morgan fingerprint density at radius 3 is 2.57 bits per heavy atom. The van der Waals surface area contributed by atoms with Crippen LogP contribution in [0, 0.1) is 0 Å². The minimum atomic E-state index is -0.492. The first-order valence-electron chi connectivity index (χ1n) is 11.4. The maximum Gasteiger partial charge on any atom is 0.340 e. The number of hydrogen-bond acceptors (Lipinski definition) is 11. The Morgan fingerprint density at radius 2 is 1.83 bits per heavy atom. The van der Waals surface area contributed by atoms with E-state index in [1.807, 2.05) is 30.3 Å². The number of hydrogen-bond donors (Lipinski definition) is 1. The molecule has 0 unspecified atom stereocenters. The molecule has 0 saturated carbocycles. The molecule has 1 aliphatic rings. The normalized spacial score (nSPS) is 13.7. The predicted octanol–water partition coefficient (Wildman–Crippen LogP) is 3.54. The summed E-state index contributed by atoms with van der Waals surface area (Å²) in [6.45, 7) is 1.79. The molecule has 5 rings (SSSR count). The van der Waals surface area contributed by atoms with E-state index in [4.69, 9.17) is 20.4 Å². The van der Waals surface area contributed by atoms with Crippen LogP contribution in [0.4, 0.5) is 17.0 Å². The first kappa shape index (κ1) is 22.9. The van der Waals surface area contributed by atoms with Crippen molar-refractivity contribution in [3.63, 3.8) is 0 Å². The van der Waals surface area contributed by atoms with Crippen molar-refractivity contribution in [2.75, 3.05) is 42.7 Å². The molecule has 0 radical (unpaired) electrons. The molecule has 0 spiro atoms. The molecular weight excluding hydrogens is 464 g/mol. The first-order chi connectivity index (χ1) is 17.0. The molecule has 1 aromatic carbocycles. The number of thiazole rings is 1. The van der Waals surface area contributed by atoms with Crippen LogP contribution in [0.5, 0.6) is 0 Å². The Hall–Kier alpha value is -3.86. The van der Waals surface area contributed by atoms with E-state index in [1.165, 1.54) is 17.8 Å². The van der Waals surface area contributed by atoms with Crippen LogP contribution in [0.15, 0.2) is 36.4 Å². The van der Waals surface area contributed by atoms with Gasteiger partial charge in [-0.15, -0.1) is 0 Å². The summed E-state index contributed by atoms with van der Waals surface area (Å²) in [6, 6.07) is 11.5. The van der Waals surface area contributed by atoms with Crippen molar-refractivity contribution < 1.29 is 9.53 Å². The van der Waals surface area contributed by atoms with Crippen molar-refractivity contribution in [1.29, 1.82) is 0 Å². The van der Waals surface area contributed by atoms with Crippen LogP contribution in [0.25, 0.3) is 21.6 Å². The zero-order valence-corrected chi connectivity index (χ0v) is 20.5. The van der Waals surface area contributed by atoms with Gasteiger partial charge in [-0.1, -0.05) is 41.7 Å². The van der Waals surface area contributed by atoms with E-state index >= 15 is 0 Å². The van der Waals surface area contributed by atoms with Crippen molar-refractivity contribution in [3.8, 4) is 11.3 Å². The van der Waals surface area contributed by atoms with Gasteiger partial charge in [-0.05, 0) is 25.3 Å². The number of nitrogens with two attached hydrogens (primary N) is 1. The Kier molecular flexibility index (Phi) is 6.41. The van der Waals surface area contributed by atoms with Crippen LogP contribution >= 0.6 is 11.3 Å². The van der Waals surface area contributed by atoms with E-state index in [0.29, 0.717) is 27.6 Å². The number of nitrogen functional groups attached to an aromatic ring is 1. The lowest BCUT2D eigenvalue weighted by molar-refractivity contribution is 0.0464. The van der Waals surface area contributed by atoms with Crippen molar-refractivity contribution >= 4 is 44.7 Å². The molecule has 3 aromatic heterocycles. The largest absolute Gasteiger partial charge is 0.454 e. The summed E-state index contributed by atoms with van der Waals surface area (Å²) in [5, 5.41) is 0.882. The summed E-state index contributed by atoms with van der Waals surface area (Å²) in [7, 11) is 3.60. The van der Waals surface area contributed by atoms with Crippen LogP contribution in [-0.4, -0.2) is 58.1 Å². The van der Waals surface area contributed by atoms with Crippen LogP contribution in [0.1, 0.15) is 35.4 Å². The first-order valence-corrected chi connectivity index (χ1v) is 12.3. The molecule has 2 N–H and O–H groups in total. The molecule has 180 valence electrons.